The van der Waals surface area contributed by atoms with E-state index < -0.39 is 11.2 Å². The highest BCUT2D eigenvalue weighted by Crippen LogP contribution is 2.19. The Bertz CT molecular complexity index is 974. The third-order valence-corrected chi connectivity index (χ3v) is 3.71. The van der Waals surface area contributed by atoms with Crippen molar-refractivity contribution in [1.29, 1.82) is 0 Å². The van der Waals surface area contributed by atoms with Gasteiger partial charge in [0.15, 0.2) is 0 Å². The molecule has 1 heterocycles. The first-order valence-electron chi connectivity index (χ1n) is 7.55. The zero-order chi connectivity index (χ0) is 17.1. The van der Waals surface area contributed by atoms with Gasteiger partial charge in [0, 0.05) is 5.69 Å². The first kappa shape index (κ1) is 15.6. The molecular weight excluding hydrogens is 304 g/mol. The Kier molecular flexibility index (Phi) is 4.20. The monoisotopic (exact) mass is 322 g/mol. The third kappa shape index (κ3) is 3.22. The Balaban J connectivity index is 2.03. The molecule has 122 valence electrons. The standard InChI is InChI=1S/C18H18N4O2/c1-12-6-5-9-14(10-12)20-15-16(19)22(18(24)21-17(15)23)11-13-7-3-2-4-8-13/h2-10,20H,11,19H2,1H3,(H,21,23,24). The van der Waals surface area contributed by atoms with E-state index in [9.17, 15) is 9.59 Å². The van der Waals surface area contributed by atoms with E-state index in [0.717, 1.165) is 16.8 Å². The fourth-order valence-electron chi connectivity index (χ4n) is 2.50. The molecule has 2 aromatic carbocycles. The number of nitrogen functional groups attached to an aromatic ring is 1. The molecular formula is C18H18N4O2. The molecule has 3 rings (SSSR count). The van der Waals surface area contributed by atoms with Gasteiger partial charge < -0.3 is 11.1 Å². The number of nitrogens with one attached hydrogen (secondary N) is 2. The topological polar surface area (TPSA) is 92.9 Å². The van der Waals surface area contributed by atoms with Gasteiger partial charge in [-0.25, -0.2) is 4.79 Å². The molecule has 0 atom stereocenters. The molecule has 0 aliphatic carbocycles. The average molecular weight is 322 g/mol. The van der Waals surface area contributed by atoms with E-state index in [4.69, 9.17) is 5.73 Å². The van der Waals surface area contributed by atoms with Gasteiger partial charge in [0.2, 0.25) is 0 Å². The van der Waals surface area contributed by atoms with E-state index >= 15 is 0 Å². The predicted molar refractivity (Wildman–Crippen MR) is 95.7 cm³/mol. The predicted octanol–water partition coefficient (Wildman–Crippen LogP) is 2.22. The van der Waals surface area contributed by atoms with Gasteiger partial charge in [-0.05, 0) is 30.2 Å². The third-order valence-electron chi connectivity index (χ3n) is 3.71. The van der Waals surface area contributed by atoms with Crippen molar-refractivity contribution in [3.8, 4) is 0 Å². The minimum absolute atomic E-state index is 0.106. The van der Waals surface area contributed by atoms with Crippen LogP contribution in [-0.4, -0.2) is 9.55 Å². The summed E-state index contributed by atoms with van der Waals surface area (Å²) in [6.45, 7) is 2.24. The summed E-state index contributed by atoms with van der Waals surface area (Å²) in [5.74, 6) is 0.106. The summed E-state index contributed by atoms with van der Waals surface area (Å²) < 4.78 is 1.34. The van der Waals surface area contributed by atoms with Crippen LogP contribution in [0.3, 0.4) is 0 Å². The minimum Gasteiger partial charge on any atom is -0.383 e. The number of nitrogens with two attached hydrogens (primary N) is 1. The molecule has 24 heavy (non-hydrogen) atoms. The molecule has 0 spiro atoms. The summed E-state index contributed by atoms with van der Waals surface area (Å²) in [6, 6.07) is 17.0. The zero-order valence-corrected chi connectivity index (χ0v) is 13.2. The van der Waals surface area contributed by atoms with Gasteiger partial charge in [-0.15, -0.1) is 0 Å². The van der Waals surface area contributed by atoms with Crippen LogP contribution in [-0.2, 0) is 6.54 Å². The summed E-state index contributed by atoms with van der Waals surface area (Å²) in [7, 11) is 0. The van der Waals surface area contributed by atoms with Gasteiger partial charge in [0.25, 0.3) is 5.56 Å². The largest absolute Gasteiger partial charge is 0.383 e. The van der Waals surface area contributed by atoms with Gasteiger partial charge in [0.05, 0.1) is 6.54 Å². The van der Waals surface area contributed by atoms with Crippen LogP contribution in [0.4, 0.5) is 17.2 Å². The van der Waals surface area contributed by atoms with Gasteiger partial charge in [0.1, 0.15) is 11.5 Å². The number of anilines is 3. The number of aromatic amines is 1. The first-order valence-corrected chi connectivity index (χ1v) is 7.55. The van der Waals surface area contributed by atoms with Crippen molar-refractivity contribution in [2.45, 2.75) is 13.5 Å². The average Bonchev–Trinajstić information content (AvgIpc) is 2.56. The van der Waals surface area contributed by atoms with Gasteiger partial charge in [-0.2, -0.15) is 0 Å². The maximum atomic E-state index is 12.1. The maximum Gasteiger partial charge on any atom is 0.330 e. The second-order valence-electron chi connectivity index (χ2n) is 5.59. The van der Waals surface area contributed by atoms with E-state index in [1.54, 1.807) is 0 Å². The van der Waals surface area contributed by atoms with Crippen molar-refractivity contribution < 1.29 is 0 Å². The molecule has 0 radical (unpaired) electrons. The van der Waals surface area contributed by atoms with E-state index in [2.05, 4.69) is 10.3 Å². The number of nitrogens with zero attached hydrogens (tertiary/aromatic N) is 1. The Labute approximate surface area is 138 Å². The van der Waals surface area contributed by atoms with Crippen molar-refractivity contribution in [3.63, 3.8) is 0 Å². The Morgan fingerprint density at radius 2 is 1.83 bits per heavy atom. The fourth-order valence-corrected chi connectivity index (χ4v) is 2.50. The van der Waals surface area contributed by atoms with E-state index in [1.807, 2.05) is 61.5 Å². The Hall–Kier alpha value is -3.28. The lowest BCUT2D eigenvalue weighted by Gasteiger charge is -2.14. The SMILES string of the molecule is Cc1cccc(Nc2c(N)n(Cc3ccccc3)c(=O)[nH]c2=O)c1. The molecule has 6 heteroatoms. The van der Waals surface area contributed by atoms with Crippen molar-refractivity contribution in [3.05, 3.63) is 86.6 Å². The summed E-state index contributed by atoms with van der Waals surface area (Å²) in [6.07, 6.45) is 0. The number of hydrogen-bond donors (Lipinski definition) is 3. The molecule has 3 aromatic rings. The highest BCUT2D eigenvalue weighted by atomic mass is 16.2. The first-order chi connectivity index (χ1) is 11.5. The van der Waals surface area contributed by atoms with Crippen molar-refractivity contribution in [1.82, 2.24) is 9.55 Å². The molecule has 4 N–H and O–H groups in total. The van der Waals surface area contributed by atoms with E-state index in [0.29, 0.717) is 0 Å². The quantitative estimate of drug-likeness (QED) is 0.686. The van der Waals surface area contributed by atoms with Crippen LogP contribution in [0.2, 0.25) is 0 Å². The van der Waals surface area contributed by atoms with Crippen LogP contribution in [0, 0.1) is 6.92 Å². The molecule has 6 nitrogen and oxygen atoms in total. The van der Waals surface area contributed by atoms with E-state index in [-0.39, 0.29) is 18.1 Å². The van der Waals surface area contributed by atoms with Crippen LogP contribution in [0.1, 0.15) is 11.1 Å². The second kappa shape index (κ2) is 6.45. The van der Waals surface area contributed by atoms with Gasteiger partial charge >= 0.3 is 5.69 Å². The highest BCUT2D eigenvalue weighted by molar-refractivity contribution is 5.69. The van der Waals surface area contributed by atoms with E-state index in [1.165, 1.54) is 4.57 Å². The lowest BCUT2D eigenvalue weighted by atomic mass is 10.2. The molecule has 0 amide bonds. The smallest absolute Gasteiger partial charge is 0.330 e. The normalized spacial score (nSPS) is 10.5. The van der Waals surface area contributed by atoms with Crippen LogP contribution in [0.25, 0.3) is 0 Å². The lowest BCUT2D eigenvalue weighted by Crippen LogP contribution is -2.33. The minimum atomic E-state index is -0.539. The summed E-state index contributed by atoms with van der Waals surface area (Å²) in [4.78, 5) is 26.6. The molecule has 0 unspecified atom stereocenters. The molecule has 0 aliphatic heterocycles. The highest BCUT2D eigenvalue weighted by Gasteiger charge is 2.13. The van der Waals surface area contributed by atoms with Crippen molar-refractivity contribution >= 4 is 17.2 Å². The van der Waals surface area contributed by atoms with Crippen LogP contribution in [0.15, 0.2) is 64.2 Å². The fraction of sp³-hybridized carbons (Fsp3) is 0.111. The Morgan fingerprint density at radius 3 is 2.54 bits per heavy atom. The number of rotatable bonds is 4. The van der Waals surface area contributed by atoms with Gasteiger partial charge in [-0.3, -0.25) is 14.3 Å². The number of aryl methyl sites for hydroxylation is 1. The Morgan fingerprint density at radius 1 is 1.08 bits per heavy atom. The van der Waals surface area contributed by atoms with Gasteiger partial charge in [-0.1, -0.05) is 42.5 Å². The van der Waals surface area contributed by atoms with Crippen LogP contribution >= 0.6 is 0 Å². The molecule has 1 aromatic heterocycles. The van der Waals surface area contributed by atoms with Crippen LogP contribution < -0.4 is 22.3 Å². The maximum absolute atomic E-state index is 12.1. The summed E-state index contributed by atoms with van der Waals surface area (Å²) in [5.41, 5.74) is 7.89. The number of aromatic nitrogens is 2. The van der Waals surface area contributed by atoms with Crippen molar-refractivity contribution in [2.75, 3.05) is 11.1 Å². The zero-order valence-electron chi connectivity index (χ0n) is 13.2. The molecule has 0 fully saturated rings. The molecule has 0 saturated carbocycles. The summed E-state index contributed by atoms with van der Waals surface area (Å²) >= 11 is 0. The summed E-state index contributed by atoms with van der Waals surface area (Å²) in [5, 5.41) is 3.01. The van der Waals surface area contributed by atoms with Crippen molar-refractivity contribution in [2.24, 2.45) is 0 Å². The number of hydrogen-bond acceptors (Lipinski definition) is 4. The molecule has 0 bridgehead atoms. The number of benzene rings is 2. The molecule has 0 saturated heterocycles. The van der Waals surface area contributed by atoms with Crippen LogP contribution in [0.5, 0.6) is 0 Å². The number of H-pyrrole nitrogens is 1. The second-order valence-corrected chi connectivity index (χ2v) is 5.59. The molecule has 0 aliphatic rings. The lowest BCUT2D eigenvalue weighted by molar-refractivity contribution is 0.735.